The van der Waals surface area contributed by atoms with E-state index in [-0.39, 0.29) is 23.3 Å². The third-order valence-corrected chi connectivity index (χ3v) is 5.57. The van der Waals surface area contributed by atoms with Crippen LogP contribution in [-0.4, -0.2) is 46.5 Å². The van der Waals surface area contributed by atoms with Crippen LogP contribution in [0.2, 0.25) is 0 Å². The van der Waals surface area contributed by atoms with E-state index < -0.39 is 5.97 Å². The minimum Gasteiger partial charge on any atom is -0.545 e. The van der Waals surface area contributed by atoms with Gasteiger partial charge in [0.15, 0.2) is 11.0 Å². The lowest BCUT2D eigenvalue weighted by molar-refractivity contribution is -0.890. The van der Waals surface area contributed by atoms with Crippen molar-refractivity contribution in [2.75, 3.05) is 25.2 Å². The second kappa shape index (κ2) is 9.55. The average molecular weight is 426 g/mol. The predicted octanol–water partition coefficient (Wildman–Crippen LogP) is 0.567. The average Bonchev–Trinajstić information content (AvgIpc) is 3.16. The molecule has 0 saturated carbocycles. The number of nitrogens with one attached hydrogen (secondary N) is 2. The first-order chi connectivity index (χ1) is 14.4. The molecule has 0 unspecified atom stereocenters. The van der Waals surface area contributed by atoms with Gasteiger partial charge in [-0.05, 0) is 36.8 Å². The molecule has 1 aromatic heterocycles. The summed E-state index contributed by atoms with van der Waals surface area (Å²) in [6, 6.07) is 15.8. The number of carbonyl (C=O) groups is 2. The summed E-state index contributed by atoms with van der Waals surface area (Å²) in [6.45, 7) is 2.07. The van der Waals surface area contributed by atoms with Gasteiger partial charge in [0.2, 0.25) is 5.91 Å². The largest absolute Gasteiger partial charge is 0.545 e. The number of carboxylic acids is 1. The van der Waals surface area contributed by atoms with Crippen LogP contribution < -0.4 is 15.3 Å². The topological polar surface area (TPSA) is 104 Å². The maximum absolute atomic E-state index is 12.4. The third kappa shape index (κ3) is 5.05. The standard InChI is InChI=1S/C21H23N5O3S/c1-14(25(2)3)19-23-24-21(26(19)17-10-5-4-6-11-17)30-13-18(27)22-16-9-7-8-15(12-16)20(28)29/h4-12,14H,13H2,1-3H3,(H,22,27)(H,28,29)/t14-/m0/s1. The number of hydrogen-bond acceptors (Lipinski definition) is 6. The second-order valence-corrected chi connectivity index (χ2v) is 7.96. The molecule has 3 rings (SSSR count). The summed E-state index contributed by atoms with van der Waals surface area (Å²) < 4.78 is 1.96. The Kier molecular flexibility index (Phi) is 6.86. The summed E-state index contributed by atoms with van der Waals surface area (Å²) in [5, 5.41) is 23.0. The molecule has 8 nitrogen and oxygen atoms in total. The van der Waals surface area contributed by atoms with Crippen molar-refractivity contribution in [2.24, 2.45) is 0 Å². The van der Waals surface area contributed by atoms with Crippen molar-refractivity contribution in [1.82, 2.24) is 14.8 Å². The van der Waals surface area contributed by atoms with Crippen molar-refractivity contribution in [3.63, 3.8) is 0 Å². The molecule has 1 atom stereocenters. The van der Waals surface area contributed by atoms with Crippen molar-refractivity contribution < 1.29 is 19.6 Å². The van der Waals surface area contributed by atoms with Gasteiger partial charge in [0, 0.05) is 11.4 Å². The zero-order chi connectivity index (χ0) is 21.7. The third-order valence-electron chi connectivity index (χ3n) is 4.64. The molecule has 30 heavy (non-hydrogen) atoms. The summed E-state index contributed by atoms with van der Waals surface area (Å²) >= 11 is 1.27. The van der Waals surface area contributed by atoms with Crippen molar-refractivity contribution >= 4 is 29.3 Å². The second-order valence-electron chi connectivity index (χ2n) is 7.02. The lowest BCUT2D eigenvalue weighted by Gasteiger charge is -2.18. The molecular formula is C21H23N5O3S. The number of amides is 1. The van der Waals surface area contributed by atoms with Crippen LogP contribution in [0, 0.1) is 0 Å². The fourth-order valence-corrected chi connectivity index (χ4v) is 3.54. The van der Waals surface area contributed by atoms with E-state index in [2.05, 4.69) is 36.5 Å². The van der Waals surface area contributed by atoms with Gasteiger partial charge in [-0.1, -0.05) is 42.1 Å². The Balaban J connectivity index is 1.77. The van der Waals surface area contributed by atoms with E-state index in [0.717, 1.165) is 11.5 Å². The summed E-state index contributed by atoms with van der Waals surface area (Å²) in [7, 11) is 4.10. The Morgan fingerprint density at radius 3 is 2.53 bits per heavy atom. The van der Waals surface area contributed by atoms with Gasteiger partial charge in [-0.15, -0.1) is 10.2 Å². The molecule has 0 saturated heterocycles. The molecule has 0 aliphatic rings. The van der Waals surface area contributed by atoms with E-state index in [9.17, 15) is 14.7 Å². The molecule has 0 radical (unpaired) electrons. The number of carboxylic acid groups (broad SMARTS) is 1. The van der Waals surface area contributed by atoms with Crippen LogP contribution >= 0.6 is 11.8 Å². The molecular weight excluding hydrogens is 402 g/mol. The van der Waals surface area contributed by atoms with Crippen LogP contribution in [-0.2, 0) is 4.79 Å². The molecule has 156 valence electrons. The Morgan fingerprint density at radius 2 is 1.87 bits per heavy atom. The number of rotatable bonds is 8. The number of quaternary nitrogens is 1. The molecule has 9 heteroatoms. The van der Waals surface area contributed by atoms with Crippen LogP contribution in [0.15, 0.2) is 59.8 Å². The summed E-state index contributed by atoms with van der Waals surface area (Å²) in [5.41, 5.74) is 1.33. The number of thioether (sulfide) groups is 1. The van der Waals surface area contributed by atoms with Gasteiger partial charge in [-0.3, -0.25) is 9.36 Å². The molecule has 0 bridgehead atoms. The molecule has 2 aromatic carbocycles. The fraction of sp³-hybridized carbons (Fsp3) is 0.238. The van der Waals surface area contributed by atoms with Gasteiger partial charge in [0.1, 0.15) is 6.04 Å². The van der Waals surface area contributed by atoms with Crippen LogP contribution in [0.1, 0.15) is 29.1 Å². The number of anilines is 1. The van der Waals surface area contributed by atoms with Crippen molar-refractivity contribution in [1.29, 1.82) is 0 Å². The van der Waals surface area contributed by atoms with Crippen LogP contribution in [0.4, 0.5) is 5.69 Å². The highest BCUT2D eigenvalue weighted by Gasteiger charge is 2.23. The number of nitrogens with zero attached hydrogens (tertiary/aromatic N) is 3. The van der Waals surface area contributed by atoms with Crippen molar-refractivity contribution in [2.45, 2.75) is 18.1 Å². The molecule has 0 aliphatic heterocycles. The van der Waals surface area contributed by atoms with E-state index >= 15 is 0 Å². The van der Waals surface area contributed by atoms with Gasteiger partial charge >= 0.3 is 0 Å². The number of aromatic carboxylic acids is 1. The molecule has 1 heterocycles. The zero-order valence-corrected chi connectivity index (χ0v) is 17.8. The van der Waals surface area contributed by atoms with E-state index in [1.807, 2.05) is 34.9 Å². The zero-order valence-electron chi connectivity index (χ0n) is 17.0. The first-order valence-corrected chi connectivity index (χ1v) is 10.4. The number of carbonyl (C=O) groups excluding carboxylic acids is 2. The number of para-hydroxylation sites is 1. The predicted molar refractivity (Wildman–Crippen MR) is 113 cm³/mol. The Bertz CT molecular complexity index is 1040. The minimum atomic E-state index is -1.29. The molecule has 2 N–H and O–H groups in total. The highest BCUT2D eigenvalue weighted by atomic mass is 32.2. The quantitative estimate of drug-likeness (QED) is 0.511. The maximum Gasteiger partial charge on any atom is 0.234 e. The maximum atomic E-state index is 12.4. The number of aromatic nitrogens is 3. The van der Waals surface area contributed by atoms with Crippen LogP contribution in [0.25, 0.3) is 5.69 Å². The van der Waals surface area contributed by atoms with Gasteiger partial charge in [0.05, 0.1) is 25.8 Å². The lowest BCUT2D eigenvalue weighted by atomic mass is 10.2. The number of hydrogen-bond donors (Lipinski definition) is 2. The van der Waals surface area contributed by atoms with E-state index in [0.29, 0.717) is 10.8 Å². The van der Waals surface area contributed by atoms with Crippen LogP contribution in [0.5, 0.6) is 0 Å². The molecule has 0 aliphatic carbocycles. The first-order valence-electron chi connectivity index (χ1n) is 9.41. The normalized spacial score (nSPS) is 12.0. The van der Waals surface area contributed by atoms with Crippen molar-refractivity contribution in [3.05, 3.63) is 66.0 Å². The van der Waals surface area contributed by atoms with Crippen LogP contribution in [0.3, 0.4) is 0 Å². The first kappa shape index (κ1) is 21.5. The summed E-state index contributed by atoms with van der Waals surface area (Å²) in [4.78, 5) is 24.6. The smallest absolute Gasteiger partial charge is 0.234 e. The van der Waals surface area contributed by atoms with Crippen molar-refractivity contribution in [3.8, 4) is 5.69 Å². The SMILES string of the molecule is C[C@@H](c1nnc(SCC(=O)Nc2cccc(C(=O)[O-])c2)n1-c1ccccc1)[NH+](C)C. The Hall–Kier alpha value is -3.17. The molecule has 3 aromatic rings. The highest BCUT2D eigenvalue weighted by Crippen LogP contribution is 2.24. The monoisotopic (exact) mass is 425 g/mol. The molecule has 0 fully saturated rings. The molecule has 0 spiro atoms. The summed E-state index contributed by atoms with van der Waals surface area (Å²) in [5.74, 6) is -0.651. The van der Waals surface area contributed by atoms with Gasteiger partial charge in [-0.2, -0.15) is 0 Å². The minimum absolute atomic E-state index is 0.00842. The van der Waals surface area contributed by atoms with E-state index in [1.165, 1.54) is 28.8 Å². The van der Waals surface area contributed by atoms with E-state index in [4.69, 9.17) is 0 Å². The Labute approximate surface area is 178 Å². The molecule has 1 amide bonds. The fourth-order valence-electron chi connectivity index (χ4n) is 2.78. The highest BCUT2D eigenvalue weighted by molar-refractivity contribution is 7.99. The van der Waals surface area contributed by atoms with Gasteiger partial charge < -0.3 is 20.1 Å². The summed E-state index contributed by atoms with van der Waals surface area (Å²) in [6.07, 6.45) is 0. The van der Waals surface area contributed by atoms with E-state index in [1.54, 1.807) is 12.1 Å². The lowest BCUT2D eigenvalue weighted by Crippen LogP contribution is -3.05. The van der Waals surface area contributed by atoms with Gasteiger partial charge in [0.25, 0.3) is 0 Å². The number of benzene rings is 2. The Morgan fingerprint density at radius 1 is 1.13 bits per heavy atom. The van der Waals surface area contributed by atoms with Gasteiger partial charge in [-0.25, -0.2) is 0 Å².